The van der Waals surface area contributed by atoms with Crippen molar-refractivity contribution in [2.75, 3.05) is 5.32 Å². The lowest BCUT2D eigenvalue weighted by Gasteiger charge is -2.21. The van der Waals surface area contributed by atoms with Crippen molar-refractivity contribution in [3.8, 4) is 5.75 Å². The van der Waals surface area contributed by atoms with E-state index < -0.39 is 0 Å². The first-order chi connectivity index (χ1) is 8.79. The van der Waals surface area contributed by atoms with Crippen LogP contribution >= 0.6 is 0 Å². The van der Waals surface area contributed by atoms with Crippen molar-refractivity contribution in [3.63, 3.8) is 0 Å². The first kappa shape index (κ1) is 15.5. The molecule has 0 radical (unpaired) electrons. The number of phenols is 1. The molecule has 3 nitrogen and oxygen atoms in total. The maximum Gasteiger partial charge on any atom is 0.227 e. The smallest absolute Gasteiger partial charge is 0.227 e. The molecular weight excluding hydrogens is 238 g/mol. The average Bonchev–Trinajstić information content (AvgIpc) is 2.32. The number of amides is 1. The maximum absolute atomic E-state index is 12.1. The molecule has 0 heterocycles. The van der Waals surface area contributed by atoms with Crippen LogP contribution in [0.5, 0.6) is 5.75 Å². The maximum atomic E-state index is 12.1. The van der Waals surface area contributed by atoms with Gasteiger partial charge in [-0.1, -0.05) is 40.7 Å². The number of nitrogens with one attached hydrogen (secondary N) is 1. The fourth-order valence-electron chi connectivity index (χ4n) is 2.00. The van der Waals surface area contributed by atoms with Crippen molar-refractivity contribution in [2.24, 2.45) is 5.92 Å². The lowest BCUT2D eigenvalue weighted by Crippen LogP contribution is -2.22. The molecular formula is C16H25NO2. The average molecular weight is 263 g/mol. The van der Waals surface area contributed by atoms with Crippen LogP contribution in [-0.4, -0.2) is 11.0 Å². The van der Waals surface area contributed by atoms with Gasteiger partial charge < -0.3 is 10.4 Å². The van der Waals surface area contributed by atoms with Crippen molar-refractivity contribution in [3.05, 3.63) is 23.8 Å². The van der Waals surface area contributed by atoms with Crippen molar-refractivity contribution >= 4 is 11.6 Å². The zero-order chi connectivity index (χ0) is 14.6. The largest absolute Gasteiger partial charge is 0.506 e. The molecule has 3 heteroatoms. The second kappa shape index (κ2) is 6.09. The lowest BCUT2D eigenvalue weighted by atomic mass is 9.86. The number of rotatable bonds is 4. The van der Waals surface area contributed by atoms with Crippen LogP contribution < -0.4 is 5.32 Å². The Bertz CT molecular complexity index is 443. The van der Waals surface area contributed by atoms with Crippen LogP contribution in [-0.2, 0) is 10.2 Å². The van der Waals surface area contributed by atoms with E-state index in [0.29, 0.717) is 5.69 Å². The monoisotopic (exact) mass is 263 g/mol. The van der Waals surface area contributed by atoms with Crippen molar-refractivity contribution < 1.29 is 9.90 Å². The standard InChI is InChI=1S/C16H25NO2/c1-6-11(7-2)15(19)17-13-10-12(16(3,4)5)8-9-14(13)18/h8-11,18H,6-7H2,1-5H3,(H,17,19). The predicted octanol–water partition coefficient (Wildman–Crippen LogP) is 4.06. The summed E-state index contributed by atoms with van der Waals surface area (Å²) in [5.41, 5.74) is 1.58. The number of phenolic OH excluding ortho intramolecular Hbond substituents is 1. The number of aromatic hydroxyl groups is 1. The van der Waals surface area contributed by atoms with Gasteiger partial charge in [-0.25, -0.2) is 0 Å². The Hall–Kier alpha value is -1.51. The van der Waals surface area contributed by atoms with Gasteiger partial charge in [-0.15, -0.1) is 0 Å². The highest BCUT2D eigenvalue weighted by Gasteiger charge is 2.18. The number of benzene rings is 1. The van der Waals surface area contributed by atoms with Gasteiger partial charge in [-0.2, -0.15) is 0 Å². The molecule has 0 fully saturated rings. The predicted molar refractivity (Wildman–Crippen MR) is 79.5 cm³/mol. The fourth-order valence-corrected chi connectivity index (χ4v) is 2.00. The minimum absolute atomic E-state index is 0.00214. The molecule has 2 N–H and O–H groups in total. The molecule has 0 spiro atoms. The van der Waals surface area contributed by atoms with Crippen LogP contribution in [0.15, 0.2) is 18.2 Å². The molecule has 0 atom stereocenters. The molecule has 0 unspecified atom stereocenters. The Morgan fingerprint density at radius 2 is 1.84 bits per heavy atom. The van der Waals surface area contributed by atoms with E-state index in [0.717, 1.165) is 18.4 Å². The van der Waals surface area contributed by atoms with Crippen LogP contribution in [0.2, 0.25) is 0 Å². The molecule has 1 rings (SSSR count). The lowest BCUT2D eigenvalue weighted by molar-refractivity contribution is -0.120. The quantitative estimate of drug-likeness (QED) is 0.805. The van der Waals surface area contributed by atoms with Crippen LogP contribution in [0.4, 0.5) is 5.69 Å². The summed E-state index contributed by atoms with van der Waals surface area (Å²) in [4.78, 5) is 12.1. The van der Waals surface area contributed by atoms with Crippen molar-refractivity contribution in [2.45, 2.75) is 52.9 Å². The molecule has 0 aliphatic carbocycles. The molecule has 1 amide bonds. The van der Waals surface area contributed by atoms with E-state index in [1.165, 1.54) is 0 Å². The number of carbonyl (C=O) groups is 1. The fraction of sp³-hybridized carbons (Fsp3) is 0.562. The zero-order valence-electron chi connectivity index (χ0n) is 12.6. The van der Waals surface area contributed by atoms with Gasteiger partial charge in [0.05, 0.1) is 5.69 Å². The summed E-state index contributed by atoms with van der Waals surface area (Å²) >= 11 is 0. The van der Waals surface area contributed by atoms with Crippen LogP contribution in [0.3, 0.4) is 0 Å². The van der Waals surface area contributed by atoms with Gasteiger partial charge in [0.15, 0.2) is 0 Å². The summed E-state index contributed by atoms with van der Waals surface area (Å²) < 4.78 is 0. The third kappa shape index (κ3) is 3.98. The molecule has 0 aliphatic heterocycles. The highest BCUT2D eigenvalue weighted by Crippen LogP contribution is 2.31. The Labute approximate surface area is 116 Å². The van der Waals surface area contributed by atoms with E-state index in [9.17, 15) is 9.90 Å². The molecule has 0 aromatic heterocycles. The van der Waals surface area contributed by atoms with Crippen molar-refractivity contribution in [1.82, 2.24) is 0 Å². The van der Waals surface area contributed by atoms with E-state index in [4.69, 9.17) is 0 Å². The summed E-state index contributed by atoms with van der Waals surface area (Å²) in [5.74, 6) is 0.0939. The molecule has 0 saturated carbocycles. The molecule has 1 aromatic rings. The molecule has 0 aliphatic rings. The SMILES string of the molecule is CCC(CC)C(=O)Nc1cc(C(C)(C)C)ccc1O. The third-order valence-electron chi connectivity index (χ3n) is 3.48. The summed E-state index contributed by atoms with van der Waals surface area (Å²) in [6, 6.07) is 5.39. The first-order valence-corrected chi connectivity index (χ1v) is 6.94. The van der Waals surface area contributed by atoms with Gasteiger partial charge in [-0.05, 0) is 36.0 Å². The van der Waals surface area contributed by atoms with Crippen molar-refractivity contribution in [1.29, 1.82) is 0 Å². The van der Waals surface area contributed by atoms with E-state index in [-0.39, 0.29) is 23.0 Å². The van der Waals surface area contributed by atoms with Gasteiger partial charge >= 0.3 is 0 Å². The van der Waals surface area contributed by atoms with Gasteiger partial charge in [0.25, 0.3) is 0 Å². The Morgan fingerprint density at radius 1 is 1.26 bits per heavy atom. The van der Waals surface area contributed by atoms with E-state index >= 15 is 0 Å². The summed E-state index contributed by atoms with van der Waals surface area (Å²) in [7, 11) is 0. The Morgan fingerprint density at radius 3 is 2.32 bits per heavy atom. The highest BCUT2D eigenvalue weighted by atomic mass is 16.3. The normalized spacial score (nSPS) is 11.7. The summed E-state index contributed by atoms with van der Waals surface area (Å²) in [5, 5.41) is 12.7. The zero-order valence-corrected chi connectivity index (χ0v) is 12.6. The van der Waals surface area contributed by atoms with Crippen LogP contribution in [0, 0.1) is 5.92 Å². The van der Waals surface area contributed by atoms with Crippen LogP contribution in [0.25, 0.3) is 0 Å². The molecule has 0 saturated heterocycles. The number of carbonyl (C=O) groups excluding carboxylic acids is 1. The third-order valence-corrected chi connectivity index (χ3v) is 3.48. The minimum atomic E-state index is -0.0219. The highest BCUT2D eigenvalue weighted by molar-refractivity contribution is 5.94. The second-order valence-electron chi connectivity index (χ2n) is 5.98. The van der Waals surface area contributed by atoms with Gasteiger partial charge in [0, 0.05) is 5.92 Å². The topological polar surface area (TPSA) is 49.3 Å². The molecule has 1 aromatic carbocycles. The van der Waals surface area contributed by atoms with Crippen LogP contribution in [0.1, 0.15) is 53.0 Å². The summed E-state index contributed by atoms with van der Waals surface area (Å²) in [6.45, 7) is 10.3. The summed E-state index contributed by atoms with van der Waals surface area (Å²) in [6.07, 6.45) is 1.62. The molecule has 106 valence electrons. The Kier molecular flexibility index (Phi) is 4.98. The van der Waals surface area contributed by atoms with Gasteiger partial charge in [-0.3, -0.25) is 4.79 Å². The van der Waals surface area contributed by atoms with E-state index in [1.807, 2.05) is 26.0 Å². The van der Waals surface area contributed by atoms with Gasteiger partial charge in [0.2, 0.25) is 5.91 Å². The molecule has 19 heavy (non-hydrogen) atoms. The minimum Gasteiger partial charge on any atom is -0.506 e. The van der Waals surface area contributed by atoms with E-state index in [1.54, 1.807) is 6.07 Å². The van der Waals surface area contributed by atoms with Gasteiger partial charge in [0.1, 0.15) is 5.75 Å². The molecule has 0 bridgehead atoms. The first-order valence-electron chi connectivity index (χ1n) is 6.94. The number of anilines is 1. The van der Waals surface area contributed by atoms with E-state index in [2.05, 4.69) is 26.1 Å². The Balaban J connectivity index is 2.98. The number of hydrogen-bond donors (Lipinski definition) is 2. The second-order valence-corrected chi connectivity index (χ2v) is 5.98. The number of hydrogen-bond acceptors (Lipinski definition) is 2.